The Hall–Kier alpha value is -3.41. The summed E-state index contributed by atoms with van der Waals surface area (Å²) in [5.74, 6) is -0.158. The Morgan fingerprint density at radius 2 is 1.77 bits per heavy atom. The second kappa shape index (κ2) is 10.4. The average Bonchev–Trinajstić information content (AvgIpc) is 3.28. The van der Waals surface area contributed by atoms with Gasteiger partial charge in [-0.1, -0.05) is 49.4 Å². The molecule has 5 nitrogen and oxygen atoms in total. The van der Waals surface area contributed by atoms with Crippen molar-refractivity contribution in [2.45, 2.75) is 38.9 Å². The molecule has 3 rings (SSSR count). The van der Waals surface area contributed by atoms with Gasteiger partial charge in [-0.2, -0.15) is 0 Å². The summed E-state index contributed by atoms with van der Waals surface area (Å²) < 4.78 is 18.6. The standard InChI is InChI=1S/C24H25FN2O3/c1-2-7-22(28)27(17-18-11-13-20(25)14-12-18)23(19-8-4-3-5-9-19)24(29)26-16-21-10-6-15-30-21/h3-6,8-15,23H,2,7,16-17H2,1H3,(H,26,29)/t23-/m0/s1. The largest absolute Gasteiger partial charge is 0.467 e. The fourth-order valence-corrected chi connectivity index (χ4v) is 3.26. The van der Waals surface area contributed by atoms with E-state index < -0.39 is 6.04 Å². The number of furan rings is 1. The van der Waals surface area contributed by atoms with E-state index in [0.717, 1.165) is 5.56 Å². The minimum atomic E-state index is -0.815. The number of carbonyl (C=O) groups is 2. The first-order valence-corrected chi connectivity index (χ1v) is 9.97. The van der Waals surface area contributed by atoms with Gasteiger partial charge in [0, 0.05) is 13.0 Å². The van der Waals surface area contributed by atoms with Gasteiger partial charge in [0.25, 0.3) is 0 Å². The molecule has 3 aromatic rings. The molecule has 1 N–H and O–H groups in total. The van der Waals surface area contributed by atoms with Crippen LogP contribution in [0.5, 0.6) is 0 Å². The maximum atomic E-state index is 13.3. The third-order valence-electron chi connectivity index (χ3n) is 4.74. The van der Waals surface area contributed by atoms with Gasteiger partial charge in [0.15, 0.2) is 0 Å². The second-order valence-electron chi connectivity index (χ2n) is 7.01. The van der Waals surface area contributed by atoms with E-state index in [-0.39, 0.29) is 30.7 Å². The Morgan fingerprint density at radius 3 is 2.40 bits per heavy atom. The number of hydrogen-bond acceptors (Lipinski definition) is 3. The minimum absolute atomic E-state index is 0.135. The molecule has 0 aliphatic heterocycles. The van der Waals surface area contributed by atoms with Crippen molar-refractivity contribution in [1.82, 2.24) is 10.2 Å². The monoisotopic (exact) mass is 408 g/mol. The molecule has 0 unspecified atom stereocenters. The maximum absolute atomic E-state index is 13.3. The molecule has 1 atom stereocenters. The number of amides is 2. The van der Waals surface area contributed by atoms with Crippen molar-refractivity contribution in [2.24, 2.45) is 0 Å². The van der Waals surface area contributed by atoms with E-state index in [4.69, 9.17) is 4.42 Å². The van der Waals surface area contributed by atoms with E-state index in [1.165, 1.54) is 12.1 Å². The van der Waals surface area contributed by atoms with Crippen LogP contribution in [0.4, 0.5) is 4.39 Å². The van der Waals surface area contributed by atoms with Crippen molar-refractivity contribution in [3.05, 3.63) is 95.7 Å². The van der Waals surface area contributed by atoms with Crippen LogP contribution >= 0.6 is 0 Å². The fraction of sp³-hybridized carbons (Fsp3) is 0.250. The zero-order valence-corrected chi connectivity index (χ0v) is 16.9. The van der Waals surface area contributed by atoms with E-state index in [1.807, 2.05) is 37.3 Å². The van der Waals surface area contributed by atoms with Gasteiger partial charge in [0.2, 0.25) is 11.8 Å². The second-order valence-corrected chi connectivity index (χ2v) is 7.01. The van der Waals surface area contributed by atoms with Crippen molar-refractivity contribution < 1.29 is 18.4 Å². The van der Waals surface area contributed by atoms with Gasteiger partial charge in [0.1, 0.15) is 17.6 Å². The van der Waals surface area contributed by atoms with Crippen LogP contribution < -0.4 is 5.32 Å². The number of hydrogen-bond donors (Lipinski definition) is 1. The third kappa shape index (κ3) is 5.56. The molecule has 156 valence electrons. The smallest absolute Gasteiger partial charge is 0.247 e. The van der Waals surface area contributed by atoms with Crippen molar-refractivity contribution >= 4 is 11.8 Å². The first kappa shape index (κ1) is 21.3. The summed E-state index contributed by atoms with van der Waals surface area (Å²) in [7, 11) is 0. The van der Waals surface area contributed by atoms with Gasteiger partial charge in [0.05, 0.1) is 12.8 Å². The van der Waals surface area contributed by atoms with E-state index in [9.17, 15) is 14.0 Å². The summed E-state index contributed by atoms with van der Waals surface area (Å²) in [6.45, 7) is 2.34. The fourth-order valence-electron chi connectivity index (χ4n) is 3.26. The highest BCUT2D eigenvalue weighted by Crippen LogP contribution is 2.25. The lowest BCUT2D eigenvalue weighted by atomic mass is 10.0. The molecule has 0 aliphatic carbocycles. The molecule has 1 aromatic heterocycles. The van der Waals surface area contributed by atoms with Crippen LogP contribution in [0.1, 0.15) is 42.7 Å². The number of benzene rings is 2. The Bertz CT molecular complexity index is 940. The topological polar surface area (TPSA) is 62.6 Å². The van der Waals surface area contributed by atoms with E-state index in [0.29, 0.717) is 24.2 Å². The van der Waals surface area contributed by atoms with Crippen LogP contribution in [0.3, 0.4) is 0 Å². The highest BCUT2D eigenvalue weighted by Gasteiger charge is 2.31. The number of nitrogens with zero attached hydrogens (tertiary/aromatic N) is 1. The molecule has 6 heteroatoms. The Balaban J connectivity index is 1.91. The van der Waals surface area contributed by atoms with Gasteiger partial charge in [-0.05, 0) is 41.8 Å². The average molecular weight is 408 g/mol. The summed E-state index contributed by atoms with van der Waals surface area (Å²) in [6, 6.07) is 17.9. The molecule has 30 heavy (non-hydrogen) atoms. The van der Waals surface area contributed by atoms with Crippen LogP contribution in [0.15, 0.2) is 77.4 Å². The molecule has 0 bridgehead atoms. The van der Waals surface area contributed by atoms with Gasteiger partial charge in [-0.25, -0.2) is 4.39 Å². The number of halogens is 1. The highest BCUT2D eigenvalue weighted by molar-refractivity contribution is 5.88. The van der Waals surface area contributed by atoms with E-state index in [2.05, 4.69) is 5.32 Å². The van der Waals surface area contributed by atoms with Gasteiger partial charge >= 0.3 is 0 Å². The number of nitrogens with one attached hydrogen (secondary N) is 1. The molecule has 0 aliphatic rings. The Labute approximate surface area is 175 Å². The molecule has 2 amide bonds. The number of rotatable bonds is 9. The highest BCUT2D eigenvalue weighted by atomic mass is 19.1. The lowest BCUT2D eigenvalue weighted by molar-refractivity contribution is -0.141. The van der Waals surface area contributed by atoms with Crippen LogP contribution in [0.25, 0.3) is 0 Å². The predicted octanol–water partition coefficient (Wildman–Crippen LogP) is 4.61. The number of carbonyl (C=O) groups excluding carboxylic acids is 2. The van der Waals surface area contributed by atoms with Gasteiger partial charge in [-0.3, -0.25) is 9.59 Å². The summed E-state index contributed by atoms with van der Waals surface area (Å²) >= 11 is 0. The quantitative estimate of drug-likeness (QED) is 0.563. The zero-order chi connectivity index (χ0) is 21.3. The van der Waals surface area contributed by atoms with Crippen LogP contribution in [0.2, 0.25) is 0 Å². The molecular weight excluding hydrogens is 383 g/mol. The summed E-state index contributed by atoms with van der Waals surface area (Å²) in [5, 5.41) is 2.87. The predicted molar refractivity (Wildman–Crippen MR) is 112 cm³/mol. The minimum Gasteiger partial charge on any atom is -0.467 e. The molecule has 0 radical (unpaired) electrons. The van der Waals surface area contributed by atoms with Crippen molar-refractivity contribution in [2.75, 3.05) is 0 Å². The molecule has 0 fully saturated rings. The van der Waals surface area contributed by atoms with Crippen LogP contribution in [-0.4, -0.2) is 16.7 Å². The lowest BCUT2D eigenvalue weighted by Crippen LogP contribution is -2.43. The first-order chi connectivity index (χ1) is 14.6. The summed E-state index contributed by atoms with van der Waals surface area (Å²) in [5.41, 5.74) is 1.46. The van der Waals surface area contributed by atoms with Crippen LogP contribution in [-0.2, 0) is 22.7 Å². The van der Waals surface area contributed by atoms with Crippen molar-refractivity contribution in [3.8, 4) is 0 Å². The summed E-state index contributed by atoms with van der Waals surface area (Å²) in [4.78, 5) is 27.8. The molecule has 1 heterocycles. The van der Waals surface area contributed by atoms with Crippen LogP contribution in [0, 0.1) is 5.82 Å². The van der Waals surface area contributed by atoms with Gasteiger partial charge in [-0.15, -0.1) is 0 Å². The molecular formula is C24H25FN2O3. The van der Waals surface area contributed by atoms with E-state index >= 15 is 0 Å². The zero-order valence-electron chi connectivity index (χ0n) is 16.9. The molecule has 0 saturated carbocycles. The SMILES string of the molecule is CCCC(=O)N(Cc1ccc(F)cc1)[C@H](C(=O)NCc1ccco1)c1ccccc1. The van der Waals surface area contributed by atoms with E-state index in [1.54, 1.807) is 35.4 Å². The van der Waals surface area contributed by atoms with Crippen molar-refractivity contribution in [3.63, 3.8) is 0 Å². The molecule has 0 saturated heterocycles. The lowest BCUT2D eigenvalue weighted by Gasteiger charge is -2.31. The van der Waals surface area contributed by atoms with Crippen molar-refractivity contribution in [1.29, 1.82) is 0 Å². The molecule has 2 aromatic carbocycles. The Kier molecular flexibility index (Phi) is 7.38. The normalized spacial score (nSPS) is 11.7. The van der Waals surface area contributed by atoms with Gasteiger partial charge < -0.3 is 14.6 Å². The first-order valence-electron chi connectivity index (χ1n) is 9.97. The maximum Gasteiger partial charge on any atom is 0.247 e. The third-order valence-corrected chi connectivity index (χ3v) is 4.74. The Morgan fingerprint density at radius 1 is 1.03 bits per heavy atom. The summed E-state index contributed by atoms with van der Waals surface area (Å²) in [6.07, 6.45) is 2.52. The molecule has 0 spiro atoms.